The normalized spacial score (nSPS) is 23.1. The van der Waals surface area contributed by atoms with Gasteiger partial charge >= 0.3 is 0 Å². The van der Waals surface area contributed by atoms with Crippen molar-refractivity contribution in [1.82, 2.24) is 20.1 Å². The van der Waals surface area contributed by atoms with Gasteiger partial charge in [-0.1, -0.05) is 0 Å². The van der Waals surface area contributed by atoms with Crippen molar-refractivity contribution in [3.8, 4) is 0 Å². The molecular formula is C11H18N4O. The van der Waals surface area contributed by atoms with Crippen molar-refractivity contribution in [1.29, 1.82) is 0 Å². The van der Waals surface area contributed by atoms with Crippen molar-refractivity contribution in [2.75, 3.05) is 13.1 Å². The van der Waals surface area contributed by atoms with Crippen LogP contribution in [0.15, 0.2) is 0 Å². The molecule has 1 saturated carbocycles. The largest absolute Gasteiger partial charge is 0.365 e. The third kappa shape index (κ3) is 1.74. The lowest BCUT2D eigenvalue weighted by molar-refractivity contribution is -0.0798. The summed E-state index contributed by atoms with van der Waals surface area (Å²) < 4.78 is 8.13. The van der Waals surface area contributed by atoms with E-state index in [0.29, 0.717) is 12.6 Å². The molecule has 16 heavy (non-hydrogen) atoms. The highest BCUT2D eigenvalue weighted by atomic mass is 16.5. The molecule has 0 atom stereocenters. The zero-order valence-electron chi connectivity index (χ0n) is 9.86. The van der Waals surface area contributed by atoms with Gasteiger partial charge in [-0.05, 0) is 26.7 Å². The first-order chi connectivity index (χ1) is 7.68. The maximum atomic E-state index is 5.90. The van der Waals surface area contributed by atoms with Crippen molar-refractivity contribution in [3.63, 3.8) is 0 Å². The van der Waals surface area contributed by atoms with Crippen LogP contribution in [0.25, 0.3) is 0 Å². The molecule has 2 heterocycles. The molecule has 0 spiro atoms. The molecule has 5 heteroatoms. The summed E-state index contributed by atoms with van der Waals surface area (Å²) in [6, 6.07) is 0.626. The van der Waals surface area contributed by atoms with Gasteiger partial charge in [0, 0.05) is 19.1 Å². The Labute approximate surface area is 95.2 Å². The Kier molecular flexibility index (Phi) is 2.26. The molecule has 1 aliphatic carbocycles. The second kappa shape index (κ2) is 3.53. The lowest BCUT2D eigenvalue weighted by Crippen LogP contribution is -2.58. The fourth-order valence-electron chi connectivity index (χ4n) is 2.14. The number of nitrogens with one attached hydrogen (secondary N) is 1. The summed E-state index contributed by atoms with van der Waals surface area (Å²) in [5, 5.41) is 11.6. The van der Waals surface area contributed by atoms with E-state index in [9.17, 15) is 0 Å². The van der Waals surface area contributed by atoms with Gasteiger partial charge in [0.25, 0.3) is 0 Å². The van der Waals surface area contributed by atoms with Gasteiger partial charge in [-0.15, -0.1) is 10.2 Å². The Morgan fingerprint density at radius 1 is 1.44 bits per heavy atom. The predicted molar refractivity (Wildman–Crippen MR) is 59.1 cm³/mol. The fourth-order valence-corrected chi connectivity index (χ4v) is 2.14. The van der Waals surface area contributed by atoms with E-state index in [4.69, 9.17) is 4.74 Å². The van der Waals surface area contributed by atoms with E-state index in [0.717, 1.165) is 24.7 Å². The Bertz CT molecular complexity index is 393. The van der Waals surface area contributed by atoms with Gasteiger partial charge in [-0.3, -0.25) is 0 Å². The van der Waals surface area contributed by atoms with Crippen LogP contribution in [-0.2, 0) is 11.3 Å². The topological polar surface area (TPSA) is 52.0 Å². The van der Waals surface area contributed by atoms with E-state index < -0.39 is 0 Å². The van der Waals surface area contributed by atoms with E-state index >= 15 is 0 Å². The van der Waals surface area contributed by atoms with Gasteiger partial charge in [0.15, 0.2) is 5.82 Å². The zero-order chi connectivity index (χ0) is 11.2. The number of ether oxygens (including phenoxy) is 1. The Hall–Kier alpha value is -0.940. The van der Waals surface area contributed by atoms with Crippen molar-refractivity contribution >= 4 is 0 Å². The molecule has 1 aliphatic heterocycles. The van der Waals surface area contributed by atoms with Crippen LogP contribution < -0.4 is 5.32 Å². The molecule has 88 valence electrons. The van der Waals surface area contributed by atoms with E-state index in [1.165, 1.54) is 12.8 Å². The molecule has 3 rings (SSSR count). The number of aromatic nitrogens is 3. The van der Waals surface area contributed by atoms with E-state index in [1.807, 2.05) is 6.92 Å². The smallest absolute Gasteiger partial charge is 0.159 e. The predicted octanol–water partition coefficient (Wildman–Crippen LogP) is 0.800. The van der Waals surface area contributed by atoms with Gasteiger partial charge in [0.1, 0.15) is 12.4 Å². The minimum atomic E-state index is -0.00572. The van der Waals surface area contributed by atoms with Crippen LogP contribution in [0.5, 0.6) is 0 Å². The molecule has 1 aromatic rings. The minimum absolute atomic E-state index is 0.00572. The fraction of sp³-hybridized carbons (Fsp3) is 0.818. The van der Waals surface area contributed by atoms with Gasteiger partial charge in [-0.2, -0.15) is 0 Å². The Balaban J connectivity index is 1.69. The average molecular weight is 222 g/mol. The van der Waals surface area contributed by atoms with Crippen LogP contribution in [-0.4, -0.2) is 33.5 Å². The zero-order valence-corrected chi connectivity index (χ0v) is 9.86. The number of nitrogens with zero attached hydrogens (tertiary/aromatic N) is 3. The highest BCUT2D eigenvalue weighted by molar-refractivity contribution is 5.01. The molecule has 0 aromatic carbocycles. The van der Waals surface area contributed by atoms with E-state index in [-0.39, 0.29) is 5.60 Å². The first kappa shape index (κ1) is 10.2. The van der Waals surface area contributed by atoms with Crippen LogP contribution in [0.3, 0.4) is 0 Å². The molecule has 0 bridgehead atoms. The van der Waals surface area contributed by atoms with Gasteiger partial charge in [0.2, 0.25) is 0 Å². The highest BCUT2D eigenvalue weighted by Gasteiger charge is 2.34. The summed E-state index contributed by atoms with van der Waals surface area (Å²) in [5.41, 5.74) is -0.00572. The maximum Gasteiger partial charge on any atom is 0.159 e. The Morgan fingerprint density at radius 2 is 2.19 bits per heavy atom. The maximum absolute atomic E-state index is 5.90. The molecule has 1 aromatic heterocycles. The van der Waals surface area contributed by atoms with Gasteiger partial charge < -0.3 is 14.6 Å². The van der Waals surface area contributed by atoms with E-state index in [1.54, 1.807) is 0 Å². The Morgan fingerprint density at radius 3 is 2.75 bits per heavy atom. The molecular weight excluding hydrogens is 204 g/mol. The van der Waals surface area contributed by atoms with Crippen molar-refractivity contribution in [2.45, 2.75) is 44.9 Å². The summed E-state index contributed by atoms with van der Waals surface area (Å²) >= 11 is 0. The van der Waals surface area contributed by atoms with Crippen LogP contribution in [0, 0.1) is 6.92 Å². The molecule has 0 radical (unpaired) electrons. The number of aryl methyl sites for hydroxylation is 1. The minimum Gasteiger partial charge on any atom is -0.365 e. The van der Waals surface area contributed by atoms with Crippen LogP contribution in [0.1, 0.15) is 37.5 Å². The molecule has 0 amide bonds. The lowest BCUT2D eigenvalue weighted by Gasteiger charge is -2.38. The molecule has 2 fully saturated rings. The van der Waals surface area contributed by atoms with Crippen LogP contribution in [0.2, 0.25) is 0 Å². The number of rotatable bonds is 4. The van der Waals surface area contributed by atoms with Crippen molar-refractivity contribution < 1.29 is 4.74 Å². The van der Waals surface area contributed by atoms with Gasteiger partial charge in [-0.25, -0.2) is 0 Å². The molecule has 0 unspecified atom stereocenters. The lowest BCUT2D eigenvalue weighted by atomic mass is 10.0. The average Bonchev–Trinajstić information content (AvgIpc) is 2.98. The summed E-state index contributed by atoms with van der Waals surface area (Å²) in [6.45, 7) is 6.60. The van der Waals surface area contributed by atoms with E-state index in [2.05, 4.69) is 27.0 Å². The molecule has 5 nitrogen and oxygen atoms in total. The number of hydrogen-bond donors (Lipinski definition) is 1. The van der Waals surface area contributed by atoms with Crippen LogP contribution >= 0.6 is 0 Å². The molecule has 1 N–H and O–H groups in total. The summed E-state index contributed by atoms with van der Waals surface area (Å²) in [7, 11) is 0. The van der Waals surface area contributed by atoms with Crippen LogP contribution in [0.4, 0.5) is 0 Å². The summed E-state index contributed by atoms with van der Waals surface area (Å²) in [5.74, 6) is 1.99. The second-order valence-electron chi connectivity index (χ2n) is 5.11. The third-order valence-corrected chi connectivity index (χ3v) is 3.40. The van der Waals surface area contributed by atoms with Crippen molar-refractivity contribution in [2.24, 2.45) is 0 Å². The first-order valence-electron chi connectivity index (χ1n) is 5.93. The third-order valence-electron chi connectivity index (χ3n) is 3.40. The SMILES string of the molecule is Cc1nnc(COC2(C)CNC2)n1C1CC1. The summed E-state index contributed by atoms with van der Waals surface area (Å²) in [4.78, 5) is 0. The monoisotopic (exact) mass is 222 g/mol. The quantitative estimate of drug-likeness (QED) is 0.818. The highest BCUT2D eigenvalue weighted by Crippen LogP contribution is 2.36. The van der Waals surface area contributed by atoms with Crippen molar-refractivity contribution in [3.05, 3.63) is 11.6 Å². The molecule has 2 aliphatic rings. The molecule has 1 saturated heterocycles. The standard InChI is InChI=1S/C11H18N4O/c1-8-13-14-10(15(8)9-3-4-9)5-16-11(2)6-12-7-11/h9,12H,3-7H2,1-2H3. The first-order valence-corrected chi connectivity index (χ1v) is 5.93. The second-order valence-corrected chi connectivity index (χ2v) is 5.11. The number of hydrogen-bond acceptors (Lipinski definition) is 4. The van der Waals surface area contributed by atoms with Gasteiger partial charge in [0.05, 0.1) is 5.60 Å². The summed E-state index contributed by atoms with van der Waals surface area (Å²) in [6.07, 6.45) is 2.51.